The van der Waals surface area contributed by atoms with Gasteiger partial charge in [-0.05, 0) is 61.8 Å². The average Bonchev–Trinajstić information content (AvgIpc) is 2.40. The lowest BCUT2D eigenvalue weighted by Crippen LogP contribution is -2.33. The Morgan fingerprint density at radius 2 is 2.00 bits per heavy atom. The molecule has 1 unspecified atom stereocenters. The number of halogens is 2. The molecule has 20 heavy (non-hydrogen) atoms. The Hall–Kier alpha value is -0.410. The van der Waals surface area contributed by atoms with Gasteiger partial charge in [-0.1, -0.05) is 36.7 Å². The minimum atomic E-state index is -0.0935. The maximum absolute atomic E-state index is 14.2. The Balaban J connectivity index is 2.21. The van der Waals surface area contributed by atoms with Gasteiger partial charge in [0, 0.05) is 16.1 Å². The average molecular weight is 342 g/mol. The van der Waals surface area contributed by atoms with E-state index in [0.29, 0.717) is 11.3 Å². The fourth-order valence-electron chi connectivity index (χ4n) is 3.26. The highest BCUT2D eigenvalue weighted by atomic mass is 79.9. The van der Waals surface area contributed by atoms with Gasteiger partial charge < -0.3 is 5.32 Å². The molecule has 1 aromatic rings. The normalized spacial score (nSPS) is 20.9. The van der Waals surface area contributed by atoms with Gasteiger partial charge in [0.1, 0.15) is 5.82 Å². The molecule has 1 N–H and O–H groups in total. The quantitative estimate of drug-likeness (QED) is 0.767. The highest BCUT2D eigenvalue weighted by Crippen LogP contribution is 2.43. The summed E-state index contributed by atoms with van der Waals surface area (Å²) in [6, 6.07) is 5.40. The number of hydrogen-bond acceptors (Lipinski definition) is 1. The van der Waals surface area contributed by atoms with Gasteiger partial charge in [0.25, 0.3) is 0 Å². The summed E-state index contributed by atoms with van der Waals surface area (Å²) < 4.78 is 15.1. The molecule has 1 saturated carbocycles. The van der Waals surface area contributed by atoms with Crippen LogP contribution in [-0.4, -0.2) is 6.54 Å². The lowest BCUT2D eigenvalue weighted by molar-refractivity contribution is 0.160. The minimum Gasteiger partial charge on any atom is -0.310 e. The molecule has 1 aromatic carbocycles. The number of nitrogens with one attached hydrogen (secondary N) is 1. The Kier molecular flexibility index (Phi) is 5.25. The minimum absolute atomic E-state index is 0.0935. The molecule has 112 valence electrons. The van der Waals surface area contributed by atoms with Crippen LogP contribution in [0.2, 0.25) is 0 Å². The van der Waals surface area contributed by atoms with Gasteiger partial charge >= 0.3 is 0 Å². The van der Waals surface area contributed by atoms with Crippen molar-refractivity contribution in [3.63, 3.8) is 0 Å². The zero-order chi connectivity index (χ0) is 14.8. The largest absolute Gasteiger partial charge is 0.310 e. The highest BCUT2D eigenvalue weighted by molar-refractivity contribution is 9.10. The highest BCUT2D eigenvalue weighted by Gasteiger charge is 2.32. The third kappa shape index (κ3) is 3.82. The molecule has 1 aliphatic carbocycles. The number of benzene rings is 1. The molecule has 1 fully saturated rings. The number of hydrogen-bond donors (Lipinski definition) is 1. The standard InChI is InChI=1S/C17H25BrFN/c1-4-20-16(12-7-9-17(2,3)10-8-12)14-11-13(18)5-6-15(14)19/h5-6,11-12,16,20H,4,7-10H2,1-3H3. The van der Waals surface area contributed by atoms with Gasteiger partial charge in [-0.15, -0.1) is 0 Å². The first-order valence-electron chi connectivity index (χ1n) is 7.61. The van der Waals surface area contributed by atoms with E-state index in [2.05, 4.69) is 42.0 Å². The van der Waals surface area contributed by atoms with Crippen molar-refractivity contribution < 1.29 is 4.39 Å². The van der Waals surface area contributed by atoms with E-state index in [4.69, 9.17) is 0 Å². The first-order valence-corrected chi connectivity index (χ1v) is 8.40. The van der Waals surface area contributed by atoms with E-state index in [-0.39, 0.29) is 11.9 Å². The summed E-state index contributed by atoms with van der Waals surface area (Å²) >= 11 is 3.46. The maximum atomic E-state index is 14.2. The van der Waals surface area contributed by atoms with Crippen LogP contribution in [0.1, 0.15) is 58.1 Å². The van der Waals surface area contributed by atoms with Crippen LogP contribution in [0.3, 0.4) is 0 Å². The Morgan fingerprint density at radius 3 is 2.60 bits per heavy atom. The monoisotopic (exact) mass is 341 g/mol. The summed E-state index contributed by atoms with van der Waals surface area (Å²) in [7, 11) is 0. The second-order valence-electron chi connectivity index (χ2n) is 6.70. The lowest BCUT2D eigenvalue weighted by Gasteiger charge is -2.38. The summed E-state index contributed by atoms with van der Waals surface area (Å²) in [5, 5.41) is 3.50. The molecule has 0 aromatic heterocycles. The van der Waals surface area contributed by atoms with Crippen LogP contribution in [0.5, 0.6) is 0 Å². The van der Waals surface area contributed by atoms with Crippen LogP contribution in [0.15, 0.2) is 22.7 Å². The fourth-order valence-corrected chi connectivity index (χ4v) is 3.64. The van der Waals surface area contributed by atoms with Crippen molar-refractivity contribution in [2.75, 3.05) is 6.54 Å². The molecule has 0 bridgehead atoms. The van der Waals surface area contributed by atoms with E-state index in [1.165, 1.54) is 25.7 Å². The van der Waals surface area contributed by atoms with Crippen LogP contribution in [0.4, 0.5) is 4.39 Å². The topological polar surface area (TPSA) is 12.0 Å². The van der Waals surface area contributed by atoms with Crippen molar-refractivity contribution in [2.45, 2.75) is 52.5 Å². The molecule has 0 radical (unpaired) electrons. The molecule has 0 spiro atoms. The summed E-state index contributed by atoms with van der Waals surface area (Å²) in [6.07, 6.45) is 4.82. The van der Waals surface area contributed by atoms with Crippen LogP contribution < -0.4 is 5.32 Å². The van der Waals surface area contributed by atoms with Crippen molar-refractivity contribution in [3.8, 4) is 0 Å². The smallest absolute Gasteiger partial charge is 0.128 e. The van der Waals surface area contributed by atoms with Gasteiger partial charge in [-0.3, -0.25) is 0 Å². The molecule has 1 atom stereocenters. The molecule has 2 rings (SSSR count). The third-order valence-corrected chi connectivity index (χ3v) is 5.07. The SMILES string of the molecule is CCNC(c1cc(Br)ccc1F)C1CCC(C)(C)CC1. The molecule has 3 heteroatoms. The van der Waals surface area contributed by atoms with Gasteiger partial charge in [-0.2, -0.15) is 0 Å². The van der Waals surface area contributed by atoms with Gasteiger partial charge in [0.15, 0.2) is 0 Å². The molecule has 0 aliphatic heterocycles. The first kappa shape index (κ1) is 16.0. The molecule has 0 heterocycles. The Bertz CT molecular complexity index is 448. The van der Waals surface area contributed by atoms with E-state index in [9.17, 15) is 4.39 Å². The Morgan fingerprint density at radius 1 is 1.35 bits per heavy atom. The summed E-state index contributed by atoms with van der Waals surface area (Å²) in [5.41, 5.74) is 1.26. The predicted octanol–water partition coefficient (Wildman–Crippen LogP) is 5.46. The molecular formula is C17H25BrFN. The fraction of sp³-hybridized carbons (Fsp3) is 0.647. The van der Waals surface area contributed by atoms with Crippen LogP contribution in [0, 0.1) is 17.2 Å². The van der Waals surface area contributed by atoms with Gasteiger partial charge in [-0.25, -0.2) is 4.39 Å². The molecule has 1 nitrogen and oxygen atoms in total. The second-order valence-corrected chi connectivity index (χ2v) is 7.62. The van der Waals surface area contributed by atoms with Gasteiger partial charge in [0.05, 0.1) is 0 Å². The van der Waals surface area contributed by atoms with E-state index in [1.807, 2.05) is 6.07 Å². The Labute approximate surface area is 130 Å². The first-order chi connectivity index (χ1) is 9.43. The van der Waals surface area contributed by atoms with E-state index >= 15 is 0 Å². The van der Waals surface area contributed by atoms with Crippen molar-refractivity contribution in [1.29, 1.82) is 0 Å². The number of rotatable bonds is 4. The molecule has 0 saturated heterocycles. The van der Waals surface area contributed by atoms with Gasteiger partial charge in [0.2, 0.25) is 0 Å². The van der Waals surface area contributed by atoms with Crippen molar-refractivity contribution in [3.05, 3.63) is 34.1 Å². The van der Waals surface area contributed by atoms with Crippen molar-refractivity contribution in [2.24, 2.45) is 11.3 Å². The zero-order valence-electron chi connectivity index (χ0n) is 12.7. The summed E-state index contributed by atoms with van der Waals surface area (Å²) in [4.78, 5) is 0. The maximum Gasteiger partial charge on any atom is 0.128 e. The van der Waals surface area contributed by atoms with E-state index in [1.54, 1.807) is 12.1 Å². The van der Waals surface area contributed by atoms with Crippen LogP contribution >= 0.6 is 15.9 Å². The molecule has 0 amide bonds. The summed E-state index contributed by atoms with van der Waals surface area (Å²) in [5.74, 6) is 0.441. The zero-order valence-corrected chi connectivity index (χ0v) is 14.3. The summed E-state index contributed by atoms with van der Waals surface area (Å²) in [6.45, 7) is 7.64. The third-order valence-electron chi connectivity index (χ3n) is 4.57. The van der Waals surface area contributed by atoms with E-state index < -0.39 is 0 Å². The molecular weight excluding hydrogens is 317 g/mol. The second kappa shape index (κ2) is 6.57. The van der Waals surface area contributed by atoms with Crippen molar-refractivity contribution >= 4 is 15.9 Å². The van der Waals surface area contributed by atoms with Crippen LogP contribution in [0.25, 0.3) is 0 Å². The van der Waals surface area contributed by atoms with Crippen molar-refractivity contribution in [1.82, 2.24) is 5.32 Å². The predicted molar refractivity (Wildman–Crippen MR) is 86.3 cm³/mol. The van der Waals surface area contributed by atoms with E-state index in [0.717, 1.165) is 16.6 Å². The lowest BCUT2D eigenvalue weighted by atomic mass is 9.70. The van der Waals surface area contributed by atoms with Crippen LogP contribution in [-0.2, 0) is 0 Å². The molecule has 1 aliphatic rings.